The van der Waals surface area contributed by atoms with Crippen molar-refractivity contribution in [3.8, 4) is 0 Å². The van der Waals surface area contributed by atoms with Crippen molar-refractivity contribution in [1.29, 1.82) is 0 Å². The summed E-state index contributed by atoms with van der Waals surface area (Å²) in [7, 11) is 0. The number of anilines is 1. The predicted molar refractivity (Wildman–Crippen MR) is 135 cm³/mol. The smallest absolute Gasteiger partial charge is 0.240 e. The summed E-state index contributed by atoms with van der Waals surface area (Å²) in [4.78, 5) is 52.9. The molecule has 2 bridgehead atoms. The number of amides is 3. The summed E-state index contributed by atoms with van der Waals surface area (Å²) in [5, 5.41) is 3.26. The highest BCUT2D eigenvalue weighted by atomic mass is 16.2. The number of carbonyl (C=O) groups excluding carboxylic acids is 3. The van der Waals surface area contributed by atoms with Crippen LogP contribution in [0.4, 0.5) is 5.69 Å². The van der Waals surface area contributed by atoms with Gasteiger partial charge in [0.25, 0.3) is 0 Å². The Labute approximate surface area is 213 Å². The number of imide groups is 1. The van der Waals surface area contributed by atoms with Crippen LogP contribution < -0.4 is 10.2 Å². The summed E-state index contributed by atoms with van der Waals surface area (Å²) in [6.45, 7) is 0. The Kier molecular flexibility index (Phi) is 4.48. The molecule has 180 valence electrons. The summed E-state index contributed by atoms with van der Waals surface area (Å²) in [6, 6.07) is 24.0. The number of pyridine rings is 2. The lowest BCUT2D eigenvalue weighted by molar-refractivity contribution is -0.148. The zero-order valence-electron chi connectivity index (χ0n) is 19.7. The van der Waals surface area contributed by atoms with E-state index in [1.165, 1.54) is 4.90 Å². The predicted octanol–water partition coefficient (Wildman–Crippen LogP) is 3.15. The van der Waals surface area contributed by atoms with E-state index in [1.54, 1.807) is 55.1 Å². The summed E-state index contributed by atoms with van der Waals surface area (Å²) in [5.41, 5.74) is 1.09. The largest absolute Gasteiger partial charge is 0.341 e. The molecule has 0 spiro atoms. The van der Waals surface area contributed by atoms with Gasteiger partial charge in [0.2, 0.25) is 17.7 Å². The van der Waals surface area contributed by atoms with E-state index in [-0.39, 0.29) is 24.1 Å². The van der Waals surface area contributed by atoms with Crippen molar-refractivity contribution < 1.29 is 14.4 Å². The molecule has 2 aromatic heterocycles. The standard InChI is InChI=1S/C30H22N4O3/c35-26-24-25(27(36)34(26)21-10-2-1-3-11-21)30(20-9-7-15-32-18-20)23-13-5-4-12-22(23)29(24,28(37)33-30)16-19-8-6-14-31-17-19/h1-15,17-18,24-25H,16H2,(H,33,37)/t24-,25-,29-,30-/m0/s1. The lowest BCUT2D eigenvalue weighted by atomic mass is 9.47. The molecule has 0 saturated carbocycles. The number of piperidine rings is 1. The van der Waals surface area contributed by atoms with Crippen molar-refractivity contribution in [2.75, 3.05) is 4.90 Å². The Morgan fingerprint density at radius 1 is 0.730 bits per heavy atom. The molecule has 7 heteroatoms. The van der Waals surface area contributed by atoms with Crippen molar-refractivity contribution >= 4 is 23.4 Å². The van der Waals surface area contributed by atoms with Crippen molar-refractivity contribution in [3.63, 3.8) is 0 Å². The molecule has 8 rings (SSSR count). The van der Waals surface area contributed by atoms with Crippen molar-refractivity contribution in [1.82, 2.24) is 15.3 Å². The van der Waals surface area contributed by atoms with E-state index >= 15 is 0 Å². The number of aromatic nitrogens is 2. The Bertz CT molecular complexity index is 1560. The molecule has 5 heterocycles. The van der Waals surface area contributed by atoms with Crippen molar-refractivity contribution in [2.45, 2.75) is 17.4 Å². The number of hydrogen-bond donors (Lipinski definition) is 1. The maximum Gasteiger partial charge on any atom is 0.240 e. The van der Waals surface area contributed by atoms with E-state index in [0.29, 0.717) is 11.3 Å². The fourth-order valence-corrected chi connectivity index (χ4v) is 6.80. The second-order valence-electron chi connectivity index (χ2n) is 9.86. The molecule has 4 aliphatic rings. The third-order valence-corrected chi connectivity index (χ3v) is 8.19. The maximum atomic E-state index is 14.4. The normalized spacial score (nSPS) is 27.6. The summed E-state index contributed by atoms with van der Waals surface area (Å²) < 4.78 is 0. The molecule has 2 aromatic carbocycles. The molecule has 3 aliphatic heterocycles. The second kappa shape index (κ2) is 7.67. The highest BCUT2D eigenvalue weighted by Gasteiger charge is 2.75. The van der Waals surface area contributed by atoms with Gasteiger partial charge in [-0.05, 0) is 47.4 Å². The first kappa shape index (κ1) is 21.6. The van der Waals surface area contributed by atoms with Gasteiger partial charge in [-0.3, -0.25) is 24.4 Å². The number of carbonyl (C=O) groups is 3. The Morgan fingerprint density at radius 2 is 1.41 bits per heavy atom. The van der Waals surface area contributed by atoms with Crippen LogP contribution in [0.3, 0.4) is 0 Å². The quantitative estimate of drug-likeness (QED) is 0.448. The zero-order chi connectivity index (χ0) is 25.2. The van der Waals surface area contributed by atoms with Crippen LogP contribution in [0.5, 0.6) is 0 Å². The van der Waals surface area contributed by atoms with Crippen LogP contribution in [0.1, 0.15) is 22.3 Å². The van der Waals surface area contributed by atoms with E-state index in [2.05, 4.69) is 15.3 Å². The molecule has 3 amide bonds. The number of benzene rings is 2. The minimum Gasteiger partial charge on any atom is -0.341 e. The van der Waals surface area contributed by atoms with E-state index in [1.807, 2.05) is 48.5 Å². The first-order valence-electron chi connectivity index (χ1n) is 12.2. The summed E-state index contributed by atoms with van der Waals surface area (Å²) in [6.07, 6.45) is 6.97. The zero-order valence-corrected chi connectivity index (χ0v) is 19.7. The summed E-state index contributed by atoms with van der Waals surface area (Å²) in [5.74, 6) is -2.69. The monoisotopic (exact) mass is 486 g/mol. The molecular weight excluding hydrogens is 464 g/mol. The molecule has 0 radical (unpaired) electrons. The van der Waals surface area contributed by atoms with Gasteiger partial charge in [0, 0.05) is 30.4 Å². The van der Waals surface area contributed by atoms with Crippen LogP contribution in [0.2, 0.25) is 0 Å². The van der Waals surface area contributed by atoms with E-state index in [0.717, 1.165) is 16.7 Å². The Balaban J connectivity index is 1.55. The number of para-hydroxylation sites is 1. The fourth-order valence-electron chi connectivity index (χ4n) is 6.80. The minimum atomic E-state index is -1.27. The average molecular weight is 487 g/mol. The lowest BCUT2D eigenvalue weighted by Crippen LogP contribution is -2.73. The molecule has 1 N–H and O–H groups in total. The second-order valence-corrected chi connectivity index (χ2v) is 9.86. The molecule has 1 aliphatic carbocycles. The molecule has 0 unspecified atom stereocenters. The minimum absolute atomic E-state index is 0.246. The first-order chi connectivity index (χ1) is 18.1. The van der Waals surface area contributed by atoms with Gasteiger partial charge in [-0.15, -0.1) is 0 Å². The van der Waals surface area contributed by atoms with Gasteiger partial charge in [0.1, 0.15) is 5.54 Å². The van der Waals surface area contributed by atoms with E-state index in [4.69, 9.17) is 0 Å². The van der Waals surface area contributed by atoms with Crippen LogP contribution in [-0.2, 0) is 31.8 Å². The van der Waals surface area contributed by atoms with Gasteiger partial charge in [0.05, 0.1) is 22.9 Å². The van der Waals surface area contributed by atoms with Crippen molar-refractivity contribution in [3.05, 3.63) is 126 Å². The number of nitrogens with one attached hydrogen (secondary N) is 1. The Hall–Kier alpha value is -4.65. The van der Waals surface area contributed by atoms with Gasteiger partial charge in [0.15, 0.2) is 0 Å². The third kappa shape index (κ3) is 2.68. The number of fused-ring (bicyclic) bond motifs is 1. The maximum absolute atomic E-state index is 14.4. The first-order valence-corrected chi connectivity index (χ1v) is 12.2. The van der Waals surface area contributed by atoms with E-state index in [9.17, 15) is 14.4 Å². The van der Waals surface area contributed by atoms with Crippen LogP contribution in [0, 0.1) is 11.8 Å². The average Bonchev–Trinajstić information content (AvgIpc) is 3.22. The molecule has 4 aromatic rings. The van der Waals surface area contributed by atoms with E-state index < -0.39 is 22.8 Å². The third-order valence-electron chi connectivity index (χ3n) is 8.19. The molecule has 2 saturated heterocycles. The van der Waals surface area contributed by atoms with Gasteiger partial charge < -0.3 is 5.32 Å². The van der Waals surface area contributed by atoms with Gasteiger partial charge in [-0.25, -0.2) is 4.90 Å². The number of rotatable bonds is 4. The van der Waals surface area contributed by atoms with Crippen molar-refractivity contribution in [2.24, 2.45) is 11.8 Å². The molecular formula is C30H22N4O3. The molecule has 37 heavy (non-hydrogen) atoms. The number of nitrogens with zero attached hydrogens (tertiary/aromatic N) is 3. The topological polar surface area (TPSA) is 92.3 Å². The van der Waals surface area contributed by atoms with Gasteiger partial charge in [-0.1, -0.05) is 54.6 Å². The van der Waals surface area contributed by atoms with Gasteiger partial charge in [-0.2, -0.15) is 0 Å². The summed E-state index contributed by atoms with van der Waals surface area (Å²) >= 11 is 0. The molecule has 2 fully saturated rings. The van der Waals surface area contributed by atoms with Crippen LogP contribution >= 0.6 is 0 Å². The van der Waals surface area contributed by atoms with Crippen LogP contribution in [0.15, 0.2) is 104 Å². The van der Waals surface area contributed by atoms with Gasteiger partial charge >= 0.3 is 0 Å². The highest BCUT2D eigenvalue weighted by Crippen LogP contribution is 2.62. The van der Waals surface area contributed by atoms with Crippen LogP contribution in [0.25, 0.3) is 0 Å². The molecule has 4 atom stereocenters. The van der Waals surface area contributed by atoms with Crippen LogP contribution in [-0.4, -0.2) is 27.7 Å². The fraction of sp³-hybridized carbons (Fsp3) is 0.167. The molecule has 7 nitrogen and oxygen atoms in total. The highest BCUT2D eigenvalue weighted by molar-refractivity contribution is 6.25. The lowest BCUT2D eigenvalue weighted by Gasteiger charge is -2.58. The SMILES string of the molecule is O=C1[C@@H]2[C@@H](C(=O)N1c1ccccc1)[C@@]1(Cc3cccnc3)C(=O)N[C@@]2(c2cccnc2)c2ccccc21. The Morgan fingerprint density at radius 3 is 2.11 bits per heavy atom. The number of hydrogen-bond acceptors (Lipinski definition) is 5.